The molecule has 0 saturated carbocycles. The lowest BCUT2D eigenvalue weighted by molar-refractivity contribution is -0.131. The predicted molar refractivity (Wildman–Crippen MR) is 69.7 cm³/mol. The molecule has 0 bridgehead atoms. The Kier molecular flexibility index (Phi) is 6.58. The van der Waals surface area contributed by atoms with Crippen molar-refractivity contribution in [1.29, 1.82) is 0 Å². The standard InChI is InChI=1S/C14H18O4/c1-2-17-10-3-11-18-13-7-4-12(5-8-13)6-9-14(15)16/h4-9H,2-3,10-11H2,1H3,(H,15,16). The third-order valence-corrected chi connectivity index (χ3v) is 2.20. The van der Waals surface area contributed by atoms with E-state index in [0.717, 1.165) is 30.4 Å². The molecule has 1 aromatic rings. The molecule has 0 radical (unpaired) electrons. The summed E-state index contributed by atoms with van der Waals surface area (Å²) in [5.41, 5.74) is 0.832. The number of carboxylic acids is 1. The van der Waals surface area contributed by atoms with E-state index in [1.54, 1.807) is 6.08 Å². The molecule has 1 rings (SSSR count). The van der Waals surface area contributed by atoms with Gasteiger partial charge in [-0.1, -0.05) is 12.1 Å². The van der Waals surface area contributed by atoms with Crippen molar-refractivity contribution >= 4 is 12.0 Å². The van der Waals surface area contributed by atoms with E-state index >= 15 is 0 Å². The van der Waals surface area contributed by atoms with Crippen molar-refractivity contribution in [2.24, 2.45) is 0 Å². The number of benzene rings is 1. The first-order valence-electron chi connectivity index (χ1n) is 5.94. The Bertz CT molecular complexity index is 381. The molecular formula is C14H18O4. The van der Waals surface area contributed by atoms with Crippen molar-refractivity contribution in [2.75, 3.05) is 19.8 Å². The van der Waals surface area contributed by atoms with Crippen molar-refractivity contribution in [2.45, 2.75) is 13.3 Å². The van der Waals surface area contributed by atoms with Gasteiger partial charge in [0, 0.05) is 25.7 Å². The smallest absolute Gasteiger partial charge is 0.328 e. The Labute approximate surface area is 107 Å². The zero-order chi connectivity index (χ0) is 13.2. The second kappa shape index (κ2) is 8.31. The van der Waals surface area contributed by atoms with E-state index in [1.807, 2.05) is 31.2 Å². The van der Waals surface area contributed by atoms with Crippen LogP contribution in [0.25, 0.3) is 6.08 Å². The Morgan fingerprint density at radius 3 is 2.61 bits per heavy atom. The number of aliphatic carboxylic acids is 1. The van der Waals surface area contributed by atoms with Gasteiger partial charge in [-0.15, -0.1) is 0 Å². The minimum atomic E-state index is -0.953. The second-order valence-electron chi connectivity index (χ2n) is 3.64. The van der Waals surface area contributed by atoms with Crippen LogP contribution in [0.1, 0.15) is 18.9 Å². The quantitative estimate of drug-likeness (QED) is 0.569. The van der Waals surface area contributed by atoms with E-state index in [4.69, 9.17) is 14.6 Å². The van der Waals surface area contributed by atoms with E-state index < -0.39 is 5.97 Å². The summed E-state index contributed by atoms with van der Waals surface area (Å²) in [5.74, 6) is -0.176. The van der Waals surface area contributed by atoms with Gasteiger partial charge in [-0.05, 0) is 30.7 Å². The Morgan fingerprint density at radius 1 is 1.28 bits per heavy atom. The fraction of sp³-hybridized carbons (Fsp3) is 0.357. The van der Waals surface area contributed by atoms with Gasteiger partial charge in [0.05, 0.1) is 6.61 Å². The molecule has 1 aromatic carbocycles. The molecule has 0 atom stereocenters. The summed E-state index contributed by atoms with van der Waals surface area (Å²) in [4.78, 5) is 10.3. The number of rotatable bonds is 8. The van der Waals surface area contributed by atoms with Crippen LogP contribution < -0.4 is 4.74 Å². The summed E-state index contributed by atoms with van der Waals surface area (Å²) in [6.07, 6.45) is 3.51. The zero-order valence-corrected chi connectivity index (χ0v) is 10.5. The van der Waals surface area contributed by atoms with Crippen LogP contribution in [0.5, 0.6) is 5.75 Å². The van der Waals surface area contributed by atoms with Crippen molar-refractivity contribution in [3.8, 4) is 5.75 Å². The van der Waals surface area contributed by atoms with Gasteiger partial charge < -0.3 is 14.6 Å². The molecule has 0 saturated heterocycles. The molecule has 0 unspecified atom stereocenters. The Hall–Kier alpha value is -1.81. The van der Waals surface area contributed by atoms with Crippen molar-refractivity contribution in [3.63, 3.8) is 0 Å². The summed E-state index contributed by atoms with van der Waals surface area (Å²) in [6, 6.07) is 7.28. The van der Waals surface area contributed by atoms with Crippen LogP contribution >= 0.6 is 0 Å². The largest absolute Gasteiger partial charge is 0.494 e. The van der Waals surface area contributed by atoms with Crippen molar-refractivity contribution in [3.05, 3.63) is 35.9 Å². The van der Waals surface area contributed by atoms with Crippen LogP contribution in [0, 0.1) is 0 Å². The predicted octanol–water partition coefficient (Wildman–Crippen LogP) is 2.59. The molecule has 18 heavy (non-hydrogen) atoms. The molecule has 4 nitrogen and oxygen atoms in total. The Balaban J connectivity index is 2.34. The highest BCUT2D eigenvalue weighted by molar-refractivity contribution is 5.85. The molecule has 0 spiro atoms. The molecule has 0 amide bonds. The summed E-state index contributed by atoms with van der Waals surface area (Å²) < 4.78 is 10.7. The fourth-order valence-corrected chi connectivity index (χ4v) is 1.34. The summed E-state index contributed by atoms with van der Waals surface area (Å²) >= 11 is 0. The van der Waals surface area contributed by atoms with Crippen molar-refractivity contribution < 1.29 is 19.4 Å². The Morgan fingerprint density at radius 2 is 2.00 bits per heavy atom. The lowest BCUT2D eigenvalue weighted by atomic mass is 10.2. The van der Waals surface area contributed by atoms with Crippen molar-refractivity contribution in [1.82, 2.24) is 0 Å². The highest BCUT2D eigenvalue weighted by Gasteiger charge is 1.94. The number of ether oxygens (including phenoxy) is 2. The molecule has 0 aliphatic rings. The lowest BCUT2D eigenvalue weighted by Gasteiger charge is -2.06. The summed E-state index contributed by atoms with van der Waals surface area (Å²) in [6.45, 7) is 4.01. The summed E-state index contributed by atoms with van der Waals surface area (Å²) in [5, 5.41) is 8.49. The van der Waals surface area contributed by atoms with Gasteiger partial charge in [-0.25, -0.2) is 4.79 Å². The van der Waals surface area contributed by atoms with Crippen LogP contribution in [0.4, 0.5) is 0 Å². The topological polar surface area (TPSA) is 55.8 Å². The van der Waals surface area contributed by atoms with Crippen LogP contribution in [-0.2, 0) is 9.53 Å². The molecule has 1 N–H and O–H groups in total. The number of carbonyl (C=O) groups is 1. The van der Waals surface area contributed by atoms with Crippen LogP contribution in [0.15, 0.2) is 30.3 Å². The molecule has 98 valence electrons. The van der Waals surface area contributed by atoms with Crippen LogP contribution in [-0.4, -0.2) is 30.9 Å². The van der Waals surface area contributed by atoms with E-state index in [2.05, 4.69) is 0 Å². The van der Waals surface area contributed by atoms with Crippen LogP contribution in [0.3, 0.4) is 0 Å². The van der Waals surface area contributed by atoms with Gasteiger partial charge in [0.2, 0.25) is 0 Å². The van der Waals surface area contributed by atoms with Gasteiger partial charge in [-0.3, -0.25) is 0 Å². The highest BCUT2D eigenvalue weighted by atomic mass is 16.5. The molecule has 0 heterocycles. The maximum absolute atomic E-state index is 10.3. The number of hydrogen-bond donors (Lipinski definition) is 1. The summed E-state index contributed by atoms with van der Waals surface area (Å²) in [7, 11) is 0. The SMILES string of the molecule is CCOCCCOc1ccc(C=CC(=O)O)cc1. The minimum absolute atomic E-state index is 0.615. The van der Waals surface area contributed by atoms with E-state index in [9.17, 15) is 4.79 Å². The van der Waals surface area contributed by atoms with Gasteiger partial charge >= 0.3 is 5.97 Å². The van der Waals surface area contributed by atoms with Gasteiger partial charge in [0.15, 0.2) is 0 Å². The maximum atomic E-state index is 10.3. The van der Waals surface area contributed by atoms with E-state index in [-0.39, 0.29) is 0 Å². The third-order valence-electron chi connectivity index (χ3n) is 2.20. The van der Waals surface area contributed by atoms with Gasteiger partial charge in [0.1, 0.15) is 5.75 Å². The maximum Gasteiger partial charge on any atom is 0.328 e. The average molecular weight is 250 g/mol. The van der Waals surface area contributed by atoms with E-state index in [0.29, 0.717) is 13.2 Å². The third kappa shape index (κ3) is 6.06. The molecule has 0 aliphatic heterocycles. The highest BCUT2D eigenvalue weighted by Crippen LogP contribution is 2.13. The van der Waals surface area contributed by atoms with Gasteiger partial charge in [0.25, 0.3) is 0 Å². The molecule has 4 heteroatoms. The van der Waals surface area contributed by atoms with Gasteiger partial charge in [-0.2, -0.15) is 0 Å². The zero-order valence-electron chi connectivity index (χ0n) is 10.5. The molecule has 0 aliphatic carbocycles. The lowest BCUT2D eigenvalue weighted by Crippen LogP contribution is -2.02. The van der Waals surface area contributed by atoms with E-state index in [1.165, 1.54) is 0 Å². The minimum Gasteiger partial charge on any atom is -0.494 e. The molecule has 0 aromatic heterocycles. The number of carboxylic acid groups (broad SMARTS) is 1. The first-order valence-corrected chi connectivity index (χ1v) is 5.94. The first-order chi connectivity index (χ1) is 8.72. The molecule has 0 fully saturated rings. The monoisotopic (exact) mass is 250 g/mol. The normalized spacial score (nSPS) is 10.7. The average Bonchev–Trinajstić information content (AvgIpc) is 2.37. The molecular weight excluding hydrogens is 232 g/mol. The number of hydrogen-bond acceptors (Lipinski definition) is 3. The first kappa shape index (κ1) is 14.3. The second-order valence-corrected chi connectivity index (χ2v) is 3.64. The fourth-order valence-electron chi connectivity index (χ4n) is 1.34. The van der Waals surface area contributed by atoms with Crippen LogP contribution in [0.2, 0.25) is 0 Å².